The lowest BCUT2D eigenvalue weighted by atomic mass is 9.82. The first-order valence-corrected chi connectivity index (χ1v) is 13.3. The van der Waals surface area contributed by atoms with E-state index in [0.29, 0.717) is 0 Å². The Labute approximate surface area is 214 Å². The molecule has 0 bridgehead atoms. The number of pyridine rings is 1. The quantitative estimate of drug-likeness (QED) is 0.381. The van der Waals surface area contributed by atoms with Crippen molar-refractivity contribution in [2.24, 2.45) is 0 Å². The Morgan fingerprint density at radius 2 is 1.11 bits per heavy atom. The van der Waals surface area contributed by atoms with E-state index in [-0.39, 0.29) is 0 Å². The summed E-state index contributed by atoms with van der Waals surface area (Å²) in [4.78, 5) is 5.53. The second-order valence-electron chi connectivity index (χ2n) is 10.4. The summed E-state index contributed by atoms with van der Waals surface area (Å²) in [5, 5.41) is 2.53. The molecule has 3 aliphatic rings. The maximum atomic E-state index is 5.53. The molecule has 1 heterocycles. The maximum absolute atomic E-state index is 5.53. The summed E-state index contributed by atoms with van der Waals surface area (Å²) in [5.41, 5.74) is 13.5. The van der Waals surface area contributed by atoms with E-state index in [9.17, 15) is 0 Å². The predicted octanol–water partition coefficient (Wildman–Crippen LogP) is 7.84. The highest BCUT2D eigenvalue weighted by Crippen LogP contribution is 2.35. The second kappa shape index (κ2) is 9.74. The third-order valence-electron chi connectivity index (χ3n) is 7.88. The Kier molecular flexibility index (Phi) is 6.15. The summed E-state index contributed by atoms with van der Waals surface area (Å²) < 4.78 is 0. The lowest BCUT2D eigenvalue weighted by molar-refractivity contribution is 0.884. The standard InChI is InChI=1S/C35H33N/c1-24-13-17-27(18-14-24)30-21-22-31(28-19-15-25(2)16-20-28)35-33(30)23-32(26-9-5-3-6-10-26)34(36-35)29-11-7-4-8-12-29/h3-13,15,17,19,23H,14,16,18,20-22H2,1-2H3. The third kappa shape index (κ3) is 4.35. The summed E-state index contributed by atoms with van der Waals surface area (Å²) in [7, 11) is 0. The van der Waals surface area contributed by atoms with Gasteiger partial charge in [0.15, 0.2) is 0 Å². The van der Waals surface area contributed by atoms with E-state index < -0.39 is 0 Å². The van der Waals surface area contributed by atoms with Gasteiger partial charge in [-0.3, -0.25) is 0 Å². The molecule has 0 atom stereocenters. The van der Waals surface area contributed by atoms with Crippen molar-refractivity contribution in [1.29, 1.82) is 0 Å². The fraction of sp³-hybridized carbons (Fsp3) is 0.229. The minimum absolute atomic E-state index is 1.06. The third-order valence-corrected chi connectivity index (χ3v) is 7.88. The van der Waals surface area contributed by atoms with Crippen molar-refractivity contribution in [1.82, 2.24) is 4.98 Å². The molecule has 0 fully saturated rings. The van der Waals surface area contributed by atoms with E-state index in [4.69, 9.17) is 4.98 Å². The molecule has 3 aliphatic carbocycles. The van der Waals surface area contributed by atoms with Gasteiger partial charge in [0, 0.05) is 16.3 Å². The van der Waals surface area contributed by atoms with E-state index in [1.54, 1.807) is 0 Å². The minimum atomic E-state index is 1.06. The van der Waals surface area contributed by atoms with Gasteiger partial charge in [-0.05, 0) is 86.3 Å². The molecule has 3 aromatic rings. The van der Waals surface area contributed by atoms with Crippen molar-refractivity contribution in [3.8, 4) is 22.4 Å². The molecule has 0 radical (unpaired) electrons. The van der Waals surface area contributed by atoms with Gasteiger partial charge in [0.2, 0.25) is 0 Å². The van der Waals surface area contributed by atoms with Crippen LogP contribution in [0.3, 0.4) is 0 Å². The van der Waals surface area contributed by atoms with Crippen LogP contribution in [0, 0.1) is 0 Å². The van der Waals surface area contributed by atoms with E-state index in [1.165, 1.54) is 60.7 Å². The smallest absolute Gasteiger partial charge is 0.0788 e. The summed E-state index contributed by atoms with van der Waals surface area (Å²) in [5.74, 6) is 0. The van der Waals surface area contributed by atoms with Crippen LogP contribution in [0.5, 0.6) is 0 Å². The zero-order valence-electron chi connectivity index (χ0n) is 21.4. The fourth-order valence-corrected chi connectivity index (χ4v) is 5.76. The van der Waals surface area contributed by atoms with Gasteiger partial charge in [-0.25, -0.2) is 4.98 Å². The van der Waals surface area contributed by atoms with Gasteiger partial charge in [-0.1, -0.05) is 96.1 Å². The van der Waals surface area contributed by atoms with Crippen LogP contribution in [-0.4, -0.2) is 4.98 Å². The van der Waals surface area contributed by atoms with Gasteiger partial charge in [-0.2, -0.15) is 0 Å². The highest BCUT2D eigenvalue weighted by atomic mass is 14.7. The minimum Gasteiger partial charge on any atom is -0.247 e. The number of benzene rings is 2. The van der Waals surface area contributed by atoms with Gasteiger partial charge >= 0.3 is 0 Å². The van der Waals surface area contributed by atoms with Crippen LogP contribution in [0.4, 0.5) is 0 Å². The van der Waals surface area contributed by atoms with E-state index in [2.05, 4.69) is 105 Å². The molecule has 0 spiro atoms. The first-order valence-electron chi connectivity index (χ1n) is 13.3. The highest BCUT2D eigenvalue weighted by Gasteiger charge is 2.22. The average Bonchev–Trinajstić information content (AvgIpc) is 2.94. The van der Waals surface area contributed by atoms with E-state index >= 15 is 0 Å². The fourth-order valence-electron chi connectivity index (χ4n) is 5.76. The molecular formula is C35H33N. The Balaban J connectivity index is 1.71. The molecule has 0 amide bonds. The van der Waals surface area contributed by atoms with Crippen LogP contribution in [0.15, 0.2) is 113 Å². The van der Waals surface area contributed by atoms with Crippen LogP contribution < -0.4 is 10.6 Å². The van der Waals surface area contributed by atoms with Crippen molar-refractivity contribution < 1.29 is 0 Å². The predicted molar refractivity (Wildman–Crippen MR) is 153 cm³/mol. The number of hydrogen-bond acceptors (Lipinski definition) is 1. The summed E-state index contributed by atoms with van der Waals surface area (Å²) in [6, 6.07) is 23.9. The van der Waals surface area contributed by atoms with Crippen molar-refractivity contribution in [2.45, 2.75) is 52.4 Å². The average molecular weight is 468 g/mol. The number of fused-ring (bicyclic) bond motifs is 1. The second-order valence-corrected chi connectivity index (χ2v) is 10.4. The van der Waals surface area contributed by atoms with Gasteiger partial charge < -0.3 is 0 Å². The SMILES string of the molecule is CC1=CC=C(C2=c3cc(-c4ccccc4)c(-c4ccccc4)nc3=C(C3=CC=C(C)CC3)CC2)CC1. The molecule has 0 N–H and O–H groups in total. The lowest BCUT2D eigenvalue weighted by Gasteiger charge is -2.24. The molecule has 178 valence electrons. The number of rotatable bonds is 4. The van der Waals surface area contributed by atoms with Gasteiger partial charge in [0.05, 0.1) is 11.0 Å². The molecule has 0 aliphatic heterocycles. The van der Waals surface area contributed by atoms with Crippen LogP contribution >= 0.6 is 0 Å². The number of aromatic nitrogens is 1. The van der Waals surface area contributed by atoms with Crippen molar-refractivity contribution in [2.75, 3.05) is 0 Å². The summed E-state index contributed by atoms with van der Waals surface area (Å²) in [6.45, 7) is 4.48. The molecule has 0 saturated heterocycles. The van der Waals surface area contributed by atoms with Crippen molar-refractivity contribution in [3.63, 3.8) is 0 Å². The molecular weight excluding hydrogens is 434 g/mol. The molecule has 0 unspecified atom stereocenters. The molecule has 36 heavy (non-hydrogen) atoms. The van der Waals surface area contributed by atoms with Crippen LogP contribution in [0.25, 0.3) is 33.5 Å². The number of allylic oxidation sites excluding steroid dienone is 8. The summed E-state index contributed by atoms with van der Waals surface area (Å²) in [6.07, 6.45) is 16.0. The molecule has 1 heteroatoms. The zero-order chi connectivity index (χ0) is 24.5. The van der Waals surface area contributed by atoms with Crippen LogP contribution in [0.2, 0.25) is 0 Å². The highest BCUT2D eigenvalue weighted by molar-refractivity contribution is 5.83. The van der Waals surface area contributed by atoms with Crippen LogP contribution in [-0.2, 0) is 0 Å². The molecule has 2 aromatic carbocycles. The maximum Gasteiger partial charge on any atom is 0.0788 e. The summed E-state index contributed by atoms with van der Waals surface area (Å²) >= 11 is 0. The molecule has 1 nitrogen and oxygen atoms in total. The zero-order valence-corrected chi connectivity index (χ0v) is 21.4. The monoisotopic (exact) mass is 467 g/mol. The Morgan fingerprint density at radius 3 is 1.69 bits per heavy atom. The topological polar surface area (TPSA) is 12.9 Å². The van der Waals surface area contributed by atoms with Crippen molar-refractivity contribution in [3.05, 3.63) is 124 Å². The first kappa shape index (κ1) is 22.7. The number of nitrogens with zero attached hydrogens (tertiary/aromatic N) is 1. The first-order chi connectivity index (χ1) is 17.7. The molecule has 6 rings (SSSR count). The van der Waals surface area contributed by atoms with Gasteiger partial charge in [0.25, 0.3) is 0 Å². The van der Waals surface area contributed by atoms with E-state index in [1.807, 2.05) is 0 Å². The Morgan fingerprint density at radius 1 is 0.556 bits per heavy atom. The molecule has 0 saturated carbocycles. The largest absolute Gasteiger partial charge is 0.247 e. The lowest BCUT2D eigenvalue weighted by Crippen LogP contribution is -2.37. The normalized spacial score (nSPS) is 17.6. The molecule has 1 aromatic heterocycles. The number of hydrogen-bond donors (Lipinski definition) is 0. The Hall–Kier alpha value is -3.71. The van der Waals surface area contributed by atoms with E-state index in [0.717, 1.165) is 44.2 Å². The van der Waals surface area contributed by atoms with Gasteiger partial charge in [0.1, 0.15) is 0 Å². The Bertz CT molecular complexity index is 1440. The van der Waals surface area contributed by atoms with Gasteiger partial charge in [-0.15, -0.1) is 0 Å². The van der Waals surface area contributed by atoms with Crippen LogP contribution in [0.1, 0.15) is 52.4 Å². The van der Waals surface area contributed by atoms with Crippen molar-refractivity contribution >= 4 is 11.1 Å².